The van der Waals surface area contributed by atoms with Crippen LogP contribution in [0.1, 0.15) is 27.2 Å². The van der Waals surface area contributed by atoms with Crippen molar-refractivity contribution in [3.8, 4) is 0 Å². The summed E-state index contributed by atoms with van der Waals surface area (Å²) in [6.45, 7) is 8.83. The summed E-state index contributed by atoms with van der Waals surface area (Å²) >= 11 is 0. The number of anilines is 3. The summed E-state index contributed by atoms with van der Waals surface area (Å²) in [6.07, 6.45) is 1.17. The molecule has 19 heavy (non-hydrogen) atoms. The monoisotopic (exact) mass is 264 g/mol. The van der Waals surface area contributed by atoms with E-state index in [1.807, 2.05) is 19.0 Å². The lowest BCUT2D eigenvalue weighted by Gasteiger charge is -2.27. The van der Waals surface area contributed by atoms with Crippen LogP contribution in [0, 0.1) is 11.3 Å². The van der Waals surface area contributed by atoms with E-state index < -0.39 is 0 Å². The van der Waals surface area contributed by atoms with Gasteiger partial charge in [-0.25, -0.2) is 0 Å². The fourth-order valence-electron chi connectivity index (χ4n) is 2.36. The third-order valence-electron chi connectivity index (χ3n) is 3.72. The van der Waals surface area contributed by atoms with E-state index in [-0.39, 0.29) is 5.95 Å². The van der Waals surface area contributed by atoms with Crippen LogP contribution in [-0.2, 0) is 0 Å². The molecule has 0 amide bonds. The summed E-state index contributed by atoms with van der Waals surface area (Å²) in [4.78, 5) is 16.9. The van der Waals surface area contributed by atoms with Gasteiger partial charge in [0.1, 0.15) is 0 Å². The number of nitrogens with two attached hydrogens (primary N) is 1. The molecular weight excluding hydrogens is 240 g/mol. The number of nitrogens with zero attached hydrogens (tertiary/aromatic N) is 5. The first-order valence-corrected chi connectivity index (χ1v) is 6.71. The molecule has 1 fully saturated rings. The molecule has 1 unspecified atom stereocenters. The van der Waals surface area contributed by atoms with Gasteiger partial charge in [0.05, 0.1) is 0 Å². The Labute approximate surface area is 115 Å². The van der Waals surface area contributed by atoms with E-state index in [9.17, 15) is 0 Å². The van der Waals surface area contributed by atoms with Crippen LogP contribution < -0.4 is 15.5 Å². The summed E-state index contributed by atoms with van der Waals surface area (Å²) in [7, 11) is 3.81. The van der Waals surface area contributed by atoms with Crippen LogP contribution in [0.25, 0.3) is 0 Å². The zero-order chi connectivity index (χ0) is 14.2. The highest BCUT2D eigenvalue weighted by Crippen LogP contribution is 2.34. The number of nitrogen functional groups attached to an aromatic ring is 1. The molecule has 1 aromatic heterocycles. The van der Waals surface area contributed by atoms with Crippen molar-refractivity contribution < 1.29 is 0 Å². The highest BCUT2D eigenvalue weighted by molar-refractivity contribution is 5.43. The van der Waals surface area contributed by atoms with E-state index >= 15 is 0 Å². The SMILES string of the molecule is CN(C)c1nc(N)nc(N2CCC(C(C)(C)C)C2)n1. The normalized spacial score (nSPS) is 19.8. The third-order valence-corrected chi connectivity index (χ3v) is 3.72. The topological polar surface area (TPSA) is 71.2 Å². The molecule has 0 radical (unpaired) electrons. The number of aromatic nitrogens is 3. The Bertz CT molecular complexity index is 451. The minimum absolute atomic E-state index is 0.285. The molecule has 106 valence electrons. The van der Waals surface area contributed by atoms with Crippen LogP contribution in [-0.4, -0.2) is 42.1 Å². The van der Waals surface area contributed by atoms with Crippen molar-refractivity contribution in [3.05, 3.63) is 0 Å². The summed E-state index contributed by atoms with van der Waals surface area (Å²) in [5.41, 5.74) is 6.09. The first kappa shape index (κ1) is 13.8. The van der Waals surface area contributed by atoms with Crippen molar-refractivity contribution in [2.75, 3.05) is 42.7 Å². The van der Waals surface area contributed by atoms with Gasteiger partial charge in [0, 0.05) is 27.2 Å². The predicted molar refractivity (Wildman–Crippen MR) is 78.3 cm³/mol. The highest BCUT2D eigenvalue weighted by atomic mass is 15.3. The van der Waals surface area contributed by atoms with Crippen LogP contribution >= 0.6 is 0 Å². The Kier molecular flexibility index (Phi) is 3.52. The van der Waals surface area contributed by atoms with Crippen LogP contribution in [0.4, 0.5) is 17.8 Å². The van der Waals surface area contributed by atoms with Gasteiger partial charge in [-0.3, -0.25) is 0 Å². The molecule has 1 saturated heterocycles. The fourth-order valence-corrected chi connectivity index (χ4v) is 2.36. The molecule has 0 aliphatic carbocycles. The lowest BCUT2D eigenvalue weighted by Crippen LogP contribution is -2.28. The van der Waals surface area contributed by atoms with Gasteiger partial charge in [-0.05, 0) is 17.8 Å². The van der Waals surface area contributed by atoms with Crippen LogP contribution in [0.3, 0.4) is 0 Å². The zero-order valence-electron chi connectivity index (χ0n) is 12.5. The predicted octanol–water partition coefficient (Wildman–Crippen LogP) is 1.39. The molecule has 1 aromatic rings. The van der Waals surface area contributed by atoms with E-state index in [1.54, 1.807) is 0 Å². The third kappa shape index (κ3) is 3.05. The Morgan fingerprint density at radius 1 is 1.21 bits per heavy atom. The van der Waals surface area contributed by atoms with Crippen LogP contribution in [0.15, 0.2) is 0 Å². The largest absolute Gasteiger partial charge is 0.368 e. The number of hydrogen-bond donors (Lipinski definition) is 1. The molecule has 6 nitrogen and oxygen atoms in total. The minimum Gasteiger partial charge on any atom is -0.368 e. The maximum atomic E-state index is 5.77. The molecule has 2 heterocycles. The van der Waals surface area contributed by atoms with E-state index in [0.717, 1.165) is 13.1 Å². The molecule has 0 spiro atoms. The van der Waals surface area contributed by atoms with Gasteiger partial charge in [0.25, 0.3) is 0 Å². The summed E-state index contributed by atoms with van der Waals surface area (Å²) in [5, 5.41) is 0. The molecular formula is C13H24N6. The minimum atomic E-state index is 0.285. The molecule has 0 aromatic carbocycles. The summed E-state index contributed by atoms with van der Waals surface area (Å²) < 4.78 is 0. The molecule has 0 bridgehead atoms. The summed E-state index contributed by atoms with van der Waals surface area (Å²) in [5.74, 6) is 2.26. The molecule has 1 aliphatic rings. The molecule has 2 N–H and O–H groups in total. The van der Waals surface area contributed by atoms with Crippen LogP contribution in [0.2, 0.25) is 0 Å². The van der Waals surface area contributed by atoms with Gasteiger partial charge in [0.15, 0.2) is 0 Å². The quantitative estimate of drug-likeness (QED) is 0.870. The van der Waals surface area contributed by atoms with Gasteiger partial charge in [-0.15, -0.1) is 0 Å². The van der Waals surface area contributed by atoms with Gasteiger partial charge >= 0.3 is 0 Å². The maximum Gasteiger partial charge on any atom is 0.231 e. The van der Waals surface area contributed by atoms with Crippen molar-refractivity contribution in [3.63, 3.8) is 0 Å². The molecule has 6 heteroatoms. The Balaban J connectivity index is 2.20. The van der Waals surface area contributed by atoms with Crippen molar-refractivity contribution in [1.82, 2.24) is 15.0 Å². The first-order valence-electron chi connectivity index (χ1n) is 6.71. The standard InChI is InChI=1S/C13H24N6/c1-13(2,3)9-6-7-19(8-9)12-16-10(14)15-11(17-12)18(4)5/h9H,6-8H2,1-5H3,(H2,14,15,16,17). The lowest BCUT2D eigenvalue weighted by atomic mass is 9.80. The van der Waals surface area contributed by atoms with E-state index in [1.165, 1.54) is 6.42 Å². The van der Waals surface area contributed by atoms with Crippen molar-refractivity contribution in [2.45, 2.75) is 27.2 Å². The van der Waals surface area contributed by atoms with Crippen molar-refractivity contribution in [1.29, 1.82) is 0 Å². The lowest BCUT2D eigenvalue weighted by molar-refractivity contribution is 0.263. The van der Waals surface area contributed by atoms with E-state index in [4.69, 9.17) is 5.73 Å². The number of rotatable bonds is 2. The number of hydrogen-bond acceptors (Lipinski definition) is 6. The van der Waals surface area contributed by atoms with E-state index in [2.05, 4.69) is 40.6 Å². The average molecular weight is 264 g/mol. The van der Waals surface area contributed by atoms with Gasteiger partial charge in [-0.2, -0.15) is 15.0 Å². The molecule has 2 rings (SSSR count). The second kappa shape index (κ2) is 4.83. The van der Waals surface area contributed by atoms with Crippen LogP contribution in [0.5, 0.6) is 0 Å². The molecule has 1 aliphatic heterocycles. The van der Waals surface area contributed by atoms with E-state index in [0.29, 0.717) is 23.2 Å². The molecule has 0 saturated carbocycles. The average Bonchev–Trinajstić information content (AvgIpc) is 2.76. The Morgan fingerprint density at radius 3 is 2.42 bits per heavy atom. The second-order valence-corrected chi connectivity index (χ2v) is 6.49. The zero-order valence-corrected chi connectivity index (χ0v) is 12.5. The first-order chi connectivity index (χ1) is 8.77. The van der Waals surface area contributed by atoms with Gasteiger partial charge in [-0.1, -0.05) is 20.8 Å². The Morgan fingerprint density at radius 2 is 1.89 bits per heavy atom. The summed E-state index contributed by atoms with van der Waals surface area (Å²) in [6, 6.07) is 0. The Hall–Kier alpha value is -1.59. The highest BCUT2D eigenvalue weighted by Gasteiger charge is 2.33. The van der Waals surface area contributed by atoms with Crippen molar-refractivity contribution >= 4 is 17.8 Å². The second-order valence-electron chi connectivity index (χ2n) is 6.49. The smallest absolute Gasteiger partial charge is 0.231 e. The van der Waals surface area contributed by atoms with Gasteiger partial charge < -0.3 is 15.5 Å². The molecule has 1 atom stereocenters. The van der Waals surface area contributed by atoms with Gasteiger partial charge in [0.2, 0.25) is 17.8 Å². The van der Waals surface area contributed by atoms with Crippen molar-refractivity contribution in [2.24, 2.45) is 11.3 Å². The maximum absolute atomic E-state index is 5.77. The fraction of sp³-hybridized carbons (Fsp3) is 0.769.